The molecule has 0 atom stereocenters. The molecule has 0 radical (unpaired) electrons. The molecule has 1 aromatic carbocycles. The van der Waals surface area contributed by atoms with Crippen molar-refractivity contribution in [2.24, 2.45) is 4.99 Å². The lowest BCUT2D eigenvalue weighted by Gasteiger charge is -2.07. The Balaban J connectivity index is 1.42. The van der Waals surface area contributed by atoms with Crippen molar-refractivity contribution < 1.29 is 4.79 Å². The summed E-state index contributed by atoms with van der Waals surface area (Å²) in [5.74, 6) is 0.811. The average Bonchev–Trinajstić information content (AvgIpc) is 3.30. The van der Waals surface area contributed by atoms with Gasteiger partial charge in [-0.2, -0.15) is 0 Å². The summed E-state index contributed by atoms with van der Waals surface area (Å²) in [6.45, 7) is 2.52. The largest absolute Gasteiger partial charge is 0.294 e. The number of Topliss-reactive ketones (excluding diaryl/α,β-unsaturated/α-hetero) is 1. The van der Waals surface area contributed by atoms with E-state index in [2.05, 4.69) is 27.1 Å². The highest BCUT2D eigenvalue weighted by atomic mass is 16.1. The van der Waals surface area contributed by atoms with Crippen LogP contribution in [0.4, 0.5) is 0 Å². The molecule has 3 heterocycles. The lowest BCUT2D eigenvalue weighted by molar-refractivity contribution is -0.115. The number of aliphatic imine (C=N–C) groups is 1. The van der Waals surface area contributed by atoms with E-state index in [-0.39, 0.29) is 5.78 Å². The zero-order valence-electron chi connectivity index (χ0n) is 15.5. The Morgan fingerprint density at radius 2 is 1.93 bits per heavy atom. The third kappa shape index (κ3) is 2.95. The number of fused-ring (bicyclic) bond motifs is 2. The van der Waals surface area contributed by atoms with Gasteiger partial charge in [0, 0.05) is 41.7 Å². The monoisotopic (exact) mass is 366 g/mol. The third-order valence-electron chi connectivity index (χ3n) is 5.23. The van der Waals surface area contributed by atoms with E-state index in [1.54, 1.807) is 24.7 Å². The second-order valence-corrected chi connectivity index (χ2v) is 7.15. The molecule has 2 aliphatic rings. The van der Waals surface area contributed by atoms with Gasteiger partial charge >= 0.3 is 0 Å². The first-order valence-electron chi connectivity index (χ1n) is 9.31. The summed E-state index contributed by atoms with van der Waals surface area (Å²) < 4.78 is 0. The minimum Gasteiger partial charge on any atom is -0.294 e. The summed E-state index contributed by atoms with van der Waals surface area (Å²) in [4.78, 5) is 30.0. The summed E-state index contributed by atoms with van der Waals surface area (Å²) in [5, 5.41) is 0. The van der Waals surface area contributed by atoms with Crippen molar-refractivity contribution in [3.63, 3.8) is 0 Å². The molecular weight excluding hydrogens is 348 g/mol. The maximum absolute atomic E-state index is 12.8. The zero-order valence-corrected chi connectivity index (χ0v) is 15.5. The minimum atomic E-state index is 0.123. The van der Waals surface area contributed by atoms with Crippen LogP contribution in [-0.4, -0.2) is 26.4 Å². The molecule has 2 aromatic heterocycles. The number of aryl methyl sites for hydroxylation is 1. The van der Waals surface area contributed by atoms with Crippen molar-refractivity contribution in [1.82, 2.24) is 15.0 Å². The third-order valence-corrected chi connectivity index (χ3v) is 5.23. The molecule has 28 heavy (non-hydrogen) atoms. The van der Waals surface area contributed by atoms with Crippen LogP contribution in [-0.2, 0) is 24.2 Å². The maximum atomic E-state index is 12.8. The maximum Gasteiger partial charge on any atom is 0.165 e. The number of rotatable bonds is 4. The summed E-state index contributed by atoms with van der Waals surface area (Å²) in [5.41, 5.74) is 8.38. The van der Waals surface area contributed by atoms with Crippen molar-refractivity contribution >= 4 is 17.6 Å². The fourth-order valence-electron chi connectivity index (χ4n) is 3.86. The van der Waals surface area contributed by atoms with Gasteiger partial charge in [-0.15, -0.1) is 0 Å². The normalized spacial score (nSPS) is 14.3. The van der Waals surface area contributed by atoms with E-state index in [9.17, 15) is 4.79 Å². The number of benzene rings is 1. The smallest absolute Gasteiger partial charge is 0.165 e. The summed E-state index contributed by atoms with van der Waals surface area (Å²) >= 11 is 0. The number of carbonyl (C=O) groups excluding carboxylic acids is 1. The highest BCUT2D eigenvalue weighted by Crippen LogP contribution is 2.32. The molecule has 5 heteroatoms. The van der Waals surface area contributed by atoms with Crippen molar-refractivity contribution in [1.29, 1.82) is 0 Å². The summed E-state index contributed by atoms with van der Waals surface area (Å²) in [6, 6.07) is 10.1. The van der Waals surface area contributed by atoms with Gasteiger partial charge in [-0.3, -0.25) is 14.8 Å². The molecule has 0 bridgehead atoms. The van der Waals surface area contributed by atoms with Gasteiger partial charge in [0.2, 0.25) is 0 Å². The van der Waals surface area contributed by atoms with E-state index >= 15 is 0 Å². The molecule has 0 fully saturated rings. The van der Waals surface area contributed by atoms with Gasteiger partial charge in [0.25, 0.3) is 0 Å². The topological polar surface area (TPSA) is 68.1 Å². The van der Waals surface area contributed by atoms with Gasteiger partial charge in [0.1, 0.15) is 5.82 Å². The lowest BCUT2D eigenvalue weighted by atomic mass is 9.96. The van der Waals surface area contributed by atoms with Gasteiger partial charge in [0.15, 0.2) is 5.78 Å². The van der Waals surface area contributed by atoms with Crippen molar-refractivity contribution in [2.45, 2.75) is 26.3 Å². The number of allylic oxidation sites excluding steroid dienone is 1. The molecule has 0 spiro atoms. The fraction of sp³-hybridized carbons (Fsp3) is 0.174. The number of aromatic nitrogens is 3. The quantitative estimate of drug-likeness (QED) is 0.711. The Morgan fingerprint density at radius 1 is 1.07 bits per heavy atom. The van der Waals surface area contributed by atoms with E-state index in [0.29, 0.717) is 25.2 Å². The van der Waals surface area contributed by atoms with Crippen LogP contribution in [0.1, 0.15) is 39.3 Å². The lowest BCUT2D eigenvalue weighted by Crippen LogP contribution is -2.08. The number of hydrogen-bond acceptors (Lipinski definition) is 5. The summed E-state index contributed by atoms with van der Waals surface area (Å²) in [7, 11) is 0. The first kappa shape index (κ1) is 16.7. The average molecular weight is 366 g/mol. The number of pyridine rings is 1. The van der Waals surface area contributed by atoms with Gasteiger partial charge in [-0.05, 0) is 54.0 Å². The summed E-state index contributed by atoms with van der Waals surface area (Å²) in [6.07, 6.45) is 8.29. The molecule has 0 saturated carbocycles. The molecule has 136 valence electrons. The van der Waals surface area contributed by atoms with Crippen LogP contribution < -0.4 is 0 Å². The second-order valence-electron chi connectivity index (χ2n) is 7.15. The van der Waals surface area contributed by atoms with Crippen LogP contribution in [0.25, 0.3) is 6.08 Å². The van der Waals surface area contributed by atoms with Crippen LogP contribution in [0.15, 0.2) is 59.5 Å². The van der Waals surface area contributed by atoms with Gasteiger partial charge in [-0.1, -0.05) is 6.07 Å². The van der Waals surface area contributed by atoms with Crippen molar-refractivity contribution in [3.8, 4) is 0 Å². The predicted molar refractivity (Wildman–Crippen MR) is 107 cm³/mol. The van der Waals surface area contributed by atoms with E-state index in [1.807, 2.05) is 25.1 Å². The van der Waals surface area contributed by atoms with Crippen LogP contribution in [0.5, 0.6) is 0 Å². The van der Waals surface area contributed by atoms with Gasteiger partial charge < -0.3 is 0 Å². The highest BCUT2D eigenvalue weighted by Gasteiger charge is 2.24. The van der Waals surface area contributed by atoms with E-state index in [4.69, 9.17) is 4.99 Å². The Hall–Kier alpha value is -3.47. The van der Waals surface area contributed by atoms with E-state index in [0.717, 1.165) is 33.7 Å². The van der Waals surface area contributed by atoms with Gasteiger partial charge in [0.05, 0.1) is 24.4 Å². The number of nitrogens with zero attached hydrogens (tertiary/aromatic N) is 4. The molecule has 0 saturated heterocycles. The number of carbonyl (C=O) groups is 1. The number of hydrogen-bond donors (Lipinski definition) is 0. The molecule has 5 nitrogen and oxygen atoms in total. The molecule has 0 unspecified atom stereocenters. The molecular formula is C23H18N4O. The fourth-order valence-corrected chi connectivity index (χ4v) is 3.86. The molecule has 5 rings (SSSR count). The Bertz CT molecular complexity index is 1160. The van der Waals surface area contributed by atoms with Crippen LogP contribution in [0, 0.1) is 6.92 Å². The van der Waals surface area contributed by atoms with E-state index < -0.39 is 0 Å². The van der Waals surface area contributed by atoms with Crippen LogP contribution in [0.2, 0.25) is 0 Å². The Kier molecular flexibility index (Phi) is 3.93. The Labute approximate surface area is 162 Å². The minimum absolute atomic E-state index is 0.123. The number of ketones is 1. The second kappa shape index (κ2) is 6.60. The first-order valence-corrected chi connectivity index (χ1v) is 9.31. The van der Waals surface area contributed by atoms with Crippen molar-refractivity contribution in [2.75, 3.05) is 0 Å². The molecule has 0 amide bonds. The first-order chi connectivity index (χ1) is 13.7. The van der Waals surface area contributed by atoms with E-state index in [1.165, 1.54) is 11.1 Å². The predicted octanol–water partition coefficient (Wildman–Crippen LogP) is 3.28. The van der Waals surface area contributed by atoms with Crippen LogP contribution >= 0.6 is 0 Å². The molecule has 3 aromatic rings. The molecule has 1 aliphatic heterocycles. The SMILES string of the molecule is Cc1nccc(CC(=O)C2=Cc3cc4c(cc3C2)CN=C4c2ccncc2)n1. The molecule has 1 aliphatic carbocycles. The molecule has 0 N–H and O–H groups in total. The standard InChI is InChI=1S/C23H18N4O/c1-14-25-7-4-20(27-14)12-22(28)18-8-16-10-19-13-26-23(15-2-5-24-6-3-15)21(19)11-17(16)9-18/h2-7,9-11H,8,12-13H2,1H3. The van der Waals surface area contributed by atoms with Crippen molar-refractivity contribution in [3.05, 3.63) is 93.8 Å². The Morgan fingerprint density at radius 3 is 2.75 bits per heavy atom. The van der Waals surface area contributed by atoms with Crippen LogP contribution in [0.3, 0.4) is 0 Å². The zero-order chi connectivity index (χ0) is 19.1. The van der Waals surface area contributed by atoms with Gasteiger partial charge in [-0.25, -0.2) is 9.97 Å². The highest BCUT2D eigenvalue weighted by molar-refractivity contribution is 6.15.